The first-order chi connectivity index (χ1) is 13.1. The summed E-state index contributed by atoms with van der Waals surface area (Å²) < 4.78 is 70.3. The summed E-state index contributed by atoms with van der Waals surface area (Å²) in [5.41, 5.74) is -5.68. The molecule has 1 aromatic carbocycles. The minimum atomic E-state index is -5.36. The van der Waals surface area contributed by atoms with E-state index in [2.05, 4.69) is 67.8 Å². The smallest absolute Gasteiger partial charge is 0.456 e. The van der Waals surface area contributed by atoms with E-state index < -0.39 is 33.1 Å². The highest BCUT2D eigenvalue weighted by molar-refractivity contribution is 14.1. The molecule has 0 spiro atoms. The van der Waals surface area contributed by atoms with E-state index in [1.54, 1.807) is 24.6 Å². The number of hydrogen-bond donors (Lipinski definition) is 1. The van der Waals surface area contributed by atoms with E-state index in [1.807, 2.05) is 6.07 Å². The first-order valence-electron chi connectivity index (χ1n) is 8.60. The normalized spacial score (nSPS) is 21.1. The highest BCUT2D eigenvalue weighted by Gasteiger charge is 2.47. The Balaban J connectivity index is 2.02. The van der Waals surface area contributed by atoms with Crippen LogP contribution in [0.1, 0.15) is 49.9 Å². The van der Waals surface area contributed by atoms with Gasteiger partial charge in [0.15, 0.2) is 0 Å². The first-order valence-corrected chi connectivity index (χ1v) is 13.3. The van der Waals surface area contributed by atoms with Gasteiger partial charge in [-0.15, -0.1) is 0 Å². The molecule has 0 unspecified atom stereocenters. The van der Waals surface area contributed by atoms with Crippen molar-refractivity contribution in [3.05, 3.63) is 28.4 Å². The Morgan fingerprint density at radius 1 is 1.10 bits per heavy atom. The monoisotopic (exact) mass is 771 g/mol. The summed E-state index contributed by atoms with van der Waals surface area (Å²) in [7, 11) is -5.36. The molecule has 0 atom stereocenters. The van der Waals surface area contributed by atoms with Crippen LogP contribution in [0.3, 0.4) is 0 Å². The molecule has 12 heteroatoms. The molecule has 164 valence electrons. The number of benzene rings is 1. The SMILES string of the molecule is CC(C)(OC(=O)c1cc(I)cc(I)c1I)C1CCC(NS(=O)(=O)C(F)(F)F)CC1. The van der Waals surface area contributed by atoms with Crippen LogP contribution < -0.4 is 4.72 Å². The van der Waals surface area contributed by atoms with Gasteiger partial charge in [-0.25, -0.2) is 17.9 Å². The van der Waals surface area contributed by atoms with Crippen molar-refractivity contribution in [3.8, 4) is 0 Å². The minimum absolute atomic E-state index is 0.0855. The zero-order valence-electron chi connectivity index (χ0n) is 15.4. The lowest BCUT2D eigenvalue weighted by molar-refractivity contribution is -0.0473. The van der Waals surface area contributed by atoms with Crippen LogP contribution >= 0.6 is 67.8 Å². The number of nitrogens with one attached hydrogen (secondary N) is 1. The first kappa shape index (κ1) is 25.8. The van der Waals surface area contributed by atoms with Crippen molar-refractivity contribution in [2.45, 2.75) is 56.7 Å². The molecule has 0 aliphatic heterocycles. The number of carbonyl (C=O) groups is 1. The molecular weight excluding hydrogens is 752 g/mol. The maximum Gasteiger partial charge on any atom is 0.511 e. The second-order valence-electron chi connectivity index (χ2n) is 7.36. The average molecular weight is 771 g/mol. The van der Waals surface area contributed by atoms with E-state index in [-0.39, 0.29) is 18.8 Å². The van der Waals surface area contributed by atoms with Gasteiger partial charge in [-0.2, -0.15) is 13.2 Å². The molecule has 1 N–H and O–H groups in total. The van der Waals surface area contributed by atoms with Crippen LogP contribution in [0.25, 0.3) is 0 Å². The van der Waals surface area contributed by atoms with Gasteiger partial charge in [-0.1, -0.05) is 0 Å². The fourth-order valence-electron chi connectivity index (χ4n) is 3.27. The van der Waals surface area contributed by atoms with Gasteiger partial charge >= 0.3 is 21.5 Å². The van der Waals surface area contributed by atoms with Crippen LogP contribution in [0.5, 0.6) is 0 Å². The molecule has 1 aromatic rings. The van der Waals surface area contributed by atoms with Gasteiger partial charge in [0.2, 0.25) is 0 Å². The molecule has 1 saturated carbocycles. The van der Waals surface area contributed by atoms with Gasteiger partial charge in [0.05, 0.1) is 5.56 Å². The third kappa shape index (κ3) is 6.54. The summed E-state index contributed by atoms with van der Waals surface area (Å²) in [6.07, 6.45) is 1.40. The molecule has 0 heterocycles. The van der Waals surface area contributed by atoms with Gasteiger partial charge in [-0.3, -0.25) is 0 Å². The number of esters is 1. The summed E-state index contributed by atoms with van der Waals surface area (Å²) in [4.78, 5) is 12.7. The molecule has 5 nitrogen and oxygen atoms in total. The zero-order chi connectivity index (χ0) is 22.2. The van der Waals surface area contributed by atoms with Crippen LogP contribution in [-0.2, 0) is 14.8 Å². The van der Waals surface area contributed by atoms with Gasteiger partial charge in [-0.05, 0) is 125 Å². The quantitative estimate of drug-likeness (QED) is 0.247. The lowest BCUT2D eigenvalue weighted by atomic mass is 9.77. The zero-order valence-corrected chi connectivity index (χ0v) is 22.7. The Morgan fingerprint density at radius 2 is 1.66 bits per heavy atom. The van der Waals surface area contributed by atoms with Gasteiger partial charge in [0, 0.05) is 16.8 Å². The van der Waals surface area contributed by atoms with Crippen LogP contribution in [0.4, 0.5) is 13.2 Å². The fraction of sp³-hybridized carbons (Fsp3) is 0.588. The van der Waals surface area contributed by atoms with E-state index in [0.717, 1.165) is 10.7 Å². The summed E-state index contributed by atoms with van der Waals surface area (Å²) in [6, 6.07) is 2.93. The highest BCUT2D eigenvalue weighted by Crippen LogP contribution is 2.37. The third-order valence-corrected chi connectivity index (χ3v) is 9.83. The van der Waals surface area contributed by atoms with Crippen molar-refractivity contribution in [2.75, 3.05) is 0 Å². The summed E-state index contributed by atoms with van der Waals surface area (Å²) >= 11 is 6.37. The summed E-state index contributed by atoms with van der Waals surface area (Å²) in [6.45, 7) is 3.56. The maximum atomic E-state index is 12.7. The lowest BCUT2D eigenvalue weighted by Gasteiger charge is -2.38. The Bertz CT molecular complexity index is 883. The highest BCUT2D eigenvalue weighted by atomic mass is 127. The largest absolute Gasteiger partial charge is 0.511 e. The van der Waals surface area contributed by atoms with Crippen LogP contribution in [0.2, 0.25) is 0 Å². The Labute approximate surface area is 208 Å². The Morgan fingerprint density at radius 3 is 2.17 bits per heavy atom. The van der Waals surface area contributed by atoms with Crippen LogP contribution in [-0.4, -0.2) is 31.5 Å². The van der Waals surface area contributed by atoms with Crippen molar-refractivity contribution in [2.24, 2.45) is 5.92 Å². The molecule has 0 saturated heterocycles. The fourth-order valence-corrected chi connectivity index (χ4v) is 6.46. The topological polar surface area (TPSA) is 72.5 Å². The minimum Gasteiger partial charge on any atom is -0.456 e. The molecule has 0 bridgehead atoms. The molecule has 1 aliphatic rings. The third-order valence-electron chi connectivity index (χ3n) is 4.91. The van der Waals surface area contributed by atoms with Gasteiger partial charge < -0.3 is 4.74 Å². The summed E-state index contributed by atoms with van der Waals surface area (Å²) in [5, 5.41) is 0. The molecule has 1 fully saturated rings. The number of sulfonamides is 1. The Hall–Kier alpha value is 0.580. The molecule has 0 radical (unpaired) electrons. The van der Waals surface area contributed by atoms with Crippen LogP contribution in [0, 0.1) is 16.6 Å². The van der Waals surface area contributed by atoms with E-state index in [1.165, 1.54) is 0 Å². The van der Waals surface area contributed by atoms with Crippen molar-refractivity contribution >= 4 is 83.8 Å². The van der Waals surface area contributed by atoms with E-state index in [9.17, 15) is 26.4 Å². The number of alkyl halides is 3. The summed E-state index contributed by atoms with van der Waals surface area (Å²) in [5.74, 6) is -0.534. The van der Waals surface area contributed by atoms with Crippen molar-refractivity contribution in [1.82, 2.24) is 4.72 Å². The molecule has 0 aromatic heterocycles. The van der Waals surface area contributed by atoms with Crippen molar-refractivity contribution in [3.63, 3.8) is 0 Å². The van der Waals surface area contributed by atoms with Crippen molar-refractivity contribution < 1.29 is 31.1 Å². The standard InChI is InChI=1S/C17H19F3I3NO4S/c1-16(2,28-15(25)12-7-10(21)8-13(22)14(12)23)9-3-5-11(6-4-9)24-29(26,27)17(18,19)20/h7-9,11,24H,3-6H2,1-2H3. The predicted molar refractivity (Wildman–Crippen MR) is 128 cm³/mol. The van der Waals surface area contributed by atoms with E-state index >= 15 is 0 Å². The number of ether oxygens (including phenoxy) is 1. The second kappa shape index (κ2) is 9.60. The molecule has 1 aliphatic carbocycles. The molecule has 2 rings (SSSR count). The lowest BCUT2D eigenvalue weighted by Crippen LogP contribution is -2.46. The van der Waals surface area contributed by atoms with E-state index in [4.69, 9.17) is 4.74 Å². The van der Waals surface area contributed by atoms with Crippen molar-refractivity contribution in [1.29, 1.82) is 0 Å². The maximum absolute atomic E-state index is 12.7. The molecule has 0 amide bonds. The van der Waals surface area contributed by atoms with Gasteiger partial charge in [0.1, 0.15) is 5.60 Å². The number of halogens is 6. The number of hydrogen-bond acceptors (Lipinski definition) is 4. The number of rotatable bonds is 5. The second-order valence-corrected chi connectivity index (χ2v) is 12.5. The van der Waals surface area contributed by atoms with Gasteiger partial charge in [0.25, 0.3) is 0 Å². The average Bonchev–Trinajstić information content (AvgIpc) is 2.56. The predicted octanol–water partition coefficient (Wildman–Crippen LogP) is 5.43. The molecule has 29 heavy (non-hydrogen) atoms. The Kier molecular flexibility index (Phi) is 8.56. The van der Waals surface area contributed by atoms with Crippen LogP contribution in [0.15, 0.2) is 12.1 Å². The molecular formula is C17H19F3I3NO4S. The number of carbonyl (C=O) groups excluding carboxylic acids is 1. The van der Waals surface area contributed by atoms with E-state index in [0.29, 0.717) is 18.4 Å².